The molecule has 0 aliphatic carbocycles. The van der Waals surface area contributed by atoms with Gasteiger partial charge in [-0.15, -0.1) is 0 Å². The predicted octanol–water partition coefficient (Wildman–Crippen LogP) is 3.94. The van der Waals surface area contributed by atoms with E-state index < -0.39 is 5.82 Å². The molecule has 25 heavy (non-hydrogen) atoms. The molecule has 3 aromatic rings. The van der Waals surface area contributed by atoms with Crippen LogP contribution in [-0.2, 0) is 0 Å². The molecule has 122 valence electrons. The van der Waals surface area contributed by atoms with E-state index in [0.29, 0.717) is 11.3 Å². The monoisotopic (exact) mass is 332 g/mol. The quantitative estimate of drug-likeness (QED) is 0.736. The van der Waals surface area contributed by atoms with Gasteiger partial charge in [-0.05, 0) is 43.3 Å². The van der Waals surface area contributed by atoms with E-state index in [1.807, 2.05) is 13.0 Å². The van der Waals surface area contributed by atoms with E-state index in [1.54, 1.807) is 24.4 Å². The number of nitriles is 1. The van der Waals surface area contributed by atoms with Crippen LogP contribution in [0, 0.1) is 24.1 Å². The lowest BCUT2D eigenvalue weighted by Gasteiger charge is -2.08. The van der Waals surface area contributed by atoms with E-state index in [2.05, 4.69) is 15.0 Å². The molecule has 0 saturated carbocycles. The van der Waals surface area contributed by atoms with Gasteiger partial charge in [0.2, 0.25) is 0 Å². The summed E-state index contributed by atoms with van der Waals surface area (Å²) < 4.78 is 13.3. The van der Waals surface area contributed by atoms with Gasteiger partial charge in [0.25, 0.3) is 0 Å². The van der Waals surface area contributed by atoms with Crippen molar-refractivity contribution in [1.82, 2.24) is 9.97 Å². The topological polar surface area (TPSA) is 82.2 Å². The summed E-state index contributed by atoms with van der Waals surface area (Å²) in [5, 5.41) is 20.0. The summed E-state index contributed by atoms with van der Waals surface area (Å²) in [5.41, 5.74) is 2.26. The van der Waals surface area contributed by atoms with Crippen LogP contribution in [0.25, 0.3) is 11.3 Å². The smallest absolute Gasteiger partial charge is 0.152 e. The molecule has 0 fully saturated rings. The van der Waals surface area contributed by atoms with Crippen molar-refractivity contribution < 1.29 is 9.50 Å². The van der Waals surface area contributed by atoms with Gasteiger partial charge in [0.15, 0.2) is 11.5 Å². The number of aromatic nitrogens is 2. The number of aromatic hydroxyl groups is 1. The van der Waals surface area contributed by atoms with Gasteiger partial charge < -0.3 is 5.11 Å². The highest BCUT2D eigenvalue weighted by Crippen LogP contribution is 2.31. The molecule has 0 aliphatic rings. The third-order valence-electron chi connectivity index (χ3n) is 3.50. The molecule has 3 rings (SSSR count). The first-order valence-corrected chi connectivity index (χ1v) is 7.44. The molecule has 0 unspecified atom stereocenters. The lowest BCUT2D eigenvalue weighted by atomic mass is 10.1. The fraction of sp³-hybridized carbons (Fsp3) is 0.0526. The van der Waals surface area contributed by atoms with Gasteiger partial charge in [-0.3, -0.25) is 9.97 Å². The number of hydrogen-bond donors (Lipinski definition) is 1. The number of halogens is 1. The summed E-state index contributed by atoms with van der Waals surface area (Å²) in [6, 6.07) is 12.5. The van der Waals surface area contributed by atoms with E-state index in [4.69, 9.17) is 0 Å². The normalized spacial score (nSPS) is 11.2. The fourth-order valence-corrected chi connectivity index (χ4v) is 2.37. The minimum absolute atomic E-state index is 0.0301. The SMILES string of the molecule is Cc1cc(-c2nccc(C(C#N)=Nc3cccc(F)c3)c2O)ccn1. The zero-order valence-electron chi connectivity index (χ0n) is 13.3. The second-order valence-electron chi connectivity index (χ2n) is 5.29. The molecule has 0 aliphatic heterocycles. The molecule has 0 saturated heterocycles. The molecule has 0 radical (unpaired) electrons. The molecule has 6 heteroatoms. The van der Waals surface area contributed by atoms with Gasteiger partial charge in [0, 0.05) is 23.7 Å². The van der Waals surface area contributed by atoms with Gasteiger partial charge in [-0.25, -0.2) is 9.38 Å². The number of pyridine rings is 2. The molecule has 0 bridgehead atoms. The van der Waals surface area contributed by atoms with Gasteiger partial charge in [0.1, 0.15) is 17.6 Å². The average Bonchev–Trinajstić information content (AvgIpc) is 2.60. The van der Waals surface area contributed by atoms with Gasteiger partial charge >= 0.3 is 0 Å². The highest BCUT2D eigenvalue weighted by Gasteiger charge is 2.15. The summed E-state index contributed by atoms with van der Waals surface area (Å²) >= 11 is 0. The van der Waals surface area contributed by atoms with Crippen LogP contribution in [0.4, 0.5) is 10.1 Å². The second-order valence-corrected chi connectivity index (χ2v) is 5.29. The molecule has 1 N–H and O–H groups in total. The number of hydrogen-bond acceptors (Lipinski definition) is 5. The van der Waals surface area contributed by atoms with E-state index in [0.717, 1.165) is 5.69 Å². The zero-order valence-corrected chi connectivity index (χ0v) is 13.3. The van der Waals surface area contributed by atoms with E-state index >= 15 is 0 Å². The highest BCUT2D eigenvalue weighted by molar-refractivity contribution is 6.15. The van der Waals surface area contributed by atoms with Gasteiger partial charge in [-0.1, -0.05) is 6.07 Å². The molecule has 1 aromatic carbocycles. The average molecular weight is 332 g/mol. The fourth-order valence-electron chi connectivity index (χ4n) is 2.37. The third-order valence-corrected chi connectivity index (χ3v) is 3.50. The summed E-state index contributed by atoms with van der Waals surface area (Å²) in [5.74, 6) is -0.616. The molecule has 2 heterocycles. The Morgan fingerprint density at radius 3 is 2.68 bits per heavy atom. The Morgan fingerprint density at radius 1 is 1.16 bits per heavy atom. The number of rotatable bonds is 3. The van der Waals surface area contributed by atoms with Crippen LogP contribution in [0.2, 0.25) is 0 Å². The highest BCUT2D eigenvalue weighted by atomic mass is 19.1. The Morgan fingerprint density at radius 2 is 1.96 bits per heavy atom. The first-order chi connectivity index (χ1) is 12.1. The molecule has 0 atom stereocenters. The van der Waals surface area contributed by atoms with Crippen molar-refractivity contribution in [1.29, 1.82) is 5.26 Å². The first-order valence-electron chi connectivity index (χ1n) is 7.44. The van der Waals surface area contributed by atoms with Gasteiger partial charge in [0.05, 0.1) is 11.3 Å². The minimum atomic E-state index is -0.453. The summed E-state index contributed by atoms with van der Waals surface area (Å²) in [6.45, 7) is 1.83. The van der Waals surface area contributed by atoms with Crippen LogP contribution >= 0.6 is 0 Å². The lowest BCUT2D eigenvalue weighted by Crippen LogP contribution is -2.00. The Hall–Kier alpha value is -3.59. The summed E-state index contributed by atoms with van der Waals surface area (Å²) in [4.78, 5) is 12.4. The van der Waals surface area contributed by atoms with E-state index in [-0.39, 0.29) is 22.7 Å². The first kappa shape index (κ1) is 16.3. The summed E-state index contributed by atoms with van der Waals surface area (Å²) in [7, 11) is 0. The van der Waals surface area contributed by atoms with Crippen molar-refractivity contribution in [2.75, 3.05) is 0 Å². The Labute approximate surface area is 143 Å². The largest absolute Gasteiger partial charge is 0.505 e. The van der Waals surface area contributed by atoms with Crippen molar-refractivity contribution in [2.24, 2.45) is 4.99 Å². The van der Waals surface area contributed by atoms with Crippen molar-refractivity contribution >= 4 is 11.4 Å². The predicted molar refractivity (Wildman–Crippen MR) is 92.1 cm³/mol. The maximum Gasteiger partial charge on any atom is 0.152 e. The third kappa shape index (κ3) is 3.51. The number of aliphatic imine (C=N–C) groups is 1. The molecule has 5 nitrogen and oxygen atoms in total. The summed E-state index contributed by atoms with van der Waals surface area (Å²) in [6.07, 6.45) is 3.10. The molecule has 0 spiro atoms. The Bertz CT molecular complexity index is 1010. The van der Waals surface area contributed by atoms with Crippen LogP contribution in [-0.4, -0.2) is 20.8 Å². The molecular weight excluding hydrogens is 319 g/mol. The molecule has 2 aromatic heterocycles. The number of nitrogens with zero attached hydrogens (tertiary/aromatic N) is 4. The van der Waals surface area contributed by atoms with Crippen LogP contribution < -0.4 is 0 Å². The van der Waals surface area contributed by atoms with Crippen molar-refractivity contribution in [2.45, 2.75) is 6.92 Å². The van der Waals surface area contributed by atoms with Gasteiger partial charge in [-0.2, -0.15) is 5.26 Å². The molecule has 0 amide bonds. The zero-order chi connectivity index (χ0) is 17.8. The molecular formula is C19H13FN4O. The van der Waals surface area contributed by atoms with Crippen LogP contribution in [0.5, 0.6) is 5.75 Å². The van der Waals surface area contributed by atoms with Crippen molar-refractivity contribution in [3.63, 3.8) is 0 Å². The number of aryl methyl sites for hydroxylation is 1. The maximum atomic E-state index is 13.3. The van der Waals surface area contributed by atoms with Crippen LogP contribution in [0.3, 0.4) is 0 Å². The Kier molecular flexibility index (Phi) is 4.48. The van der Waals surface area contributed by atoms with Crippen molar-refractivity contribution in [3.8, 4) is 23.1 Å². The van der Waals surface area contributed by atoms with Crippen molar-refractivity contribution in [3.05, 3.63) is 71.9 Å². The van der Waals surface area contributed by atoms with Crippen LogP contribution in [0.15, 0.2) is 59.9 Å². The maximum absolute atomic E-state index is 13.3. The second kappa shape index (κ2) is 6.89. The Balaban J connectivity index is 2.11. The van der Waals surface area contributed by atoms with E-state index in [9.17, 15) is 14.8 Å². The van der Waals surface area contributed by atoms with Crippen LogP contribution in [0.1, 0.15) is 11.3 Å². The lowest BCUT2D eigenvalue weighted by molar-refractivity contribution is 0.474. The van der Waals surface area contributed by atoms with E-state index in [1.165, 1.54) is 30.5 Å². The minimum Gasteiger partial charge on any atom is -0.505 e. The standard InChI is InChI=1S/C19H13FN4O/c1-12-9-13(5-7-22-12)18-19(25)16(6-8-23-18)17(11-21)24-15-4-2-3-14(20)10-15/h2-10,25H,1H3. The number of benzene rings is 1.